The molecule has 0 radical (unpaired) electrons. The van der Waals surface area contributed by atoms with Crippen LogP contribution in [-0.4, -0.2) is 70.6 Å². The van der Waals surface area contributed by atoms with Crippen LogP contribution < -0.4 is 5.43 Å². The maximum absolute atomic E-state index is 12.9. The minimum Gasteiger partial charge on any atom is -0.508 e. The molecule has 188 valence electrons. The molecule has 3 aliphatic heterocycles. The van der Waals surface area contributed by atoms with Crippen LogP contribution >= 0.6 is 0 Å². The Bertz CT molecular complexity index is 967. The van der Waals surface area contributed by atoms with Gasteiger partial charge in [-0.25, -0.2) is 5.01 Å². The molecule has 6 heteroatoms. The molecule has 0 spiro atoms. The summed E-state index contributed by atoms with van der Waals surface area (Å²) in [4.78, 5) is 18.1. The van der Waals surface area contributed by atoms with Crippen LogP contribution in [0.5, 0.6) is 5.75 Å². The van der Waals surface area contributed by atoms with Gasteiger partial charge in [-0.2, -0.15) is 0 Å². The zero-order chi connectivity index (χ0) is 24.2. The number of hydrogen-bond acceptors (Lipinski definition) is 5. The van der Waals surface area contributed by atoms with E-state index in [4.69, 9.17) is 0 Å². The van der Waals surface area contributed by atoms with Gasteiger partial charge in [-0.1, -0.05) is 42.9 Å². The Hall–Kier alpha value is -2.41. The van der Waals surface area contributed by atoms with E-state index in [1.165, 1.54) is 24.8 Å². The fourth-order valence-corrected chi connectivity index (χ4v) is 6.49. The molecule has 3 heterocycles. The van der Waals surface area contributed by atoms with Crippen LogP contribution in [0.15, 0.2) is 60.7 Å². The predicted octanol–water partition coefficient (Wildman–Crippen LogP) is 4.18. The topological polar surface area (TPSA) is 59.0 Å². The first kappa shape index (κ1) is 24.3. The van der Waals surface area contributed by atoms with E-state index in [9.17, 15) is 9.90 Å². The molecule has 3 saturated heterocycles. The summed E-state index contributed by atoms with van der Waals surface area (Å²) in [7, 11) is 0. The van der Waals surface area contributed by atoms with E-state index in [0.29, 0.717) is 24.3 Å². The summed E-state index contributed by atoms with van der Waals surface area (Å²) < 4.78 is 0. The summed E-state index contributed by atoms with van der Waals surface area (Å²) in [5, 5.41) is 12.4. The Morgan fingerprint density at radius 2 is 1.97 bits per heavy atom. The lowest BCUT2D eigenvalue weighted by Crippen LogP contribution is -2.50. The molecule has 0 saturated carbocycles. The highest BCUT2D eigenvalue weighted by atomic mass is 16.3. The maximum Gasteiger partial charge on any atom is 0.241 e. The molecule has 3 fully saturated rings. The van der Waals surface area contributed by atoms with E-state index < -0.39 is 0 Å². The molecule has 2 N–H and O–H groups in total. The van der Waals surface area contributed by atoms with E-state index in [1.807, 2.05) is 18.2 Å². The van der Waals surface area contributed by atoms with Crippen molar-refractivity contribution in [3.63, 3.8) is 0 Å². The molecule has 35 heavy (non-hydrogen) atoms. The number of hydrazine groups is 1. The summed E-state index contributed by atoms with van der Waals surface area (Å²) in [6.07, 6.45) is 16.4. The summed E-state index contributed by atoms with van der Waals surface area (Å²) in [5.74, 6) is 0.277. The molecule has 2 bridgehead atoms. The first-order valence-electron chi connectivity index (χ1n) is 13.5. The van der Waals surface area contributed by atoms with Gasteiger partial charge < -0.3 is 5.11 Å². The van der Waals surface area contributed by atoms with Crippen LogP contribution in [0.2, 0.25) is 0 Å². The number of nitrogens with one attached hydrogen (secondary N) is 1. The van der Waals surface area contributed by atoms with Gasteiger partial charge in [0.1, 0.15) is 5.75 Å². The van der Waals surface area contributed by atoms with Gasteiger partial charge in [-0.3, -0.25) is 20.0 Å². The molecule has 1 amide bonds. The summed E-state index contributed by atoms with van der Waals surface area (Å²) in [6.45, 7) is 8.96. The number of phenols is 1. The highest BCUT2D eigenvalue weighted by Crippen LogP contribution is 2.42. The molecule has 4 aliphatic rings. The number of carbonyl (C=O) groups is 1. The number of hydrogen-bond donors (Lipinski definition) is 2. The van der Waals surface area contributed by atoms with E-state index >= 15 is 0 Å². The molecule has 5 rings (SSSR count). The lowest BCUT2D eigenvalue weighted by atomic mass is 9.84. The minimum absolute atomic E-state index is 0.0833. The van der Waals surface area contributed by atoms with Gasteiger partial charge in [-0.05, 0) is 61.8 Å². The van der Waals surface area contributed by atoms with Crippen molar-refractivity contribution >= 4 is 5.91 Å². The number of carbonyl (C=O) groups excluding carboxylic acids is 1. The first-order chi connectivity index (χ1) is 17.1. The lowest BCUT2D eigenvalue weighted by Gasteiger charge is -2.46. The fraction of sp³-hybridized carbons (Fsp3) is 0.552. The van der Waals surface area contributed by atoms with Gasteiger partial charge in [0.2, 0.25) is 5.91 Å². The number of phenolic OH excluding ortho intramolecular Hbond substituents is 1. The van der Waals surface area contributed by atoms with E-state index in [0.717, 1.165) is 57.5 Å². The number of nitrogens with zero attached hydrogens (tertiary/aromatic N) is 3. The molecular weight excluding hydrogens is 436 g/mol. The Balaban J connectivity index is 1.40. The number of rotatable bonds is 7. The maximum atomic E-state index is 12.9. The molecule has 1 aromatic rings. The van der Waals surface area contributed by atoms with Crippen LogP contribution in [-0.2, 0) is 4.79 Å². The van der Waals surface area contributed by atoms with E-state index in [2.05, 4.69) is 51.1 Å². The Morgan fingerprint density at radius 1 is 1.14 bits per heavy atom. The Labute approximate surface area is 209 Å². The second-order valence-corrected chi connectivity index (χ2v) is 10.6. The fourth-order valence-electron chi connectivity index (χ4n) is 6.49. The normalized spacial score (nSPS) is 28.8. The van der Waals surface area contributed by atoms with Gasteiger partial charge in [0.15, 0.2) is 0 Å². The molecule has 4 atom stereocenters. The first-order valence-corrected chi connectivity index (χ1v) is 13.5. The van der Waals surface area contributed by atoms with Crippen molar-refractivity contribution in [2.75, 3.05) is 32.7 Å². The third-order valence-corrected chi connectivity index (χ3v) is 8.19. The molecule has 1 aliphatic carbocycles. The highest BCUT2D eigenvalue weighted by molar-refractivity contribution is 5.80. The average molecular weight is 477 g/mol. The van der Waals surface area contributed by atoms with Gasteiger partial charge in [0.05, 0.1) is 12.0 Å². The van der Waals surface area contributed by atoms with Crippen molar-refractivity contribution in [3.05, 3.63) is 66.3 Å². The van der Waals surface area contributed by atoms with Crippen molar-refractivity contribution in [1.29, 1.82) is 0 Å². The molecule has 1 aromatic carbocycles. The second kappa shape index (κ2) is 11.1. The number of benzene rings is 1. The average Bonchev–Trinajstić information content (AvgIpc) is 3.35. The van der Waals surface area contributed by atoms with Gasteiger partial charge in [0, 0.05) is 44.8 Å². The number of allylic oxidation sites excluding steroid dienone is 1. The Morgan fingerprint density at radius 3 is 2.71 bits per heavy atom. The monoisotopic (exact) mass is 476 g/mol. The van der Waals surface area contributed by atoms with Crippen molar-refractivity contribution in [2.24, 2.45) is 5.92 Å². The van der Waals surface area contributed by atoms with Crippen molar-refractivity contribution in [1.82, 2.24) is 20.2 Å². The van der Waals surface area contributed by atoms with Crippen LogP contribution in [0.25, 0.3) is 0 Å². The number of aromatic hydroxyl groups is 1. The zero-order valence-electron chi connectivity index (χ0n) is 20.8. The van der Waals surface area contributed by atoms with E-state index in [-0.39, 0.29) is 17.9 Å². The largest absolute Gasteiger partial charge is 0.508 e. The van der Waals surface area contributed by atoms with Crippen molar-refractivity contribution in [2.45, 2.75) is 63.1 Å². The minimum atomic E-state index is -0.129. The molecule has 4 unspecified atom stereocenters. The third-order valence-electron chi connectivity index (χ3n) is 8.19. The van der Waals surface area contributed by atoms with Gasteiger partial charge in [-0.15, -0.1) is 6.58 Å². The Kier molecular flexibility index (Phi) is 7.71. The van der Waals surface area contributed by atoms with Crippen molar-refractivity contribution < 1.29 is 9.90 Å². The standard InChI is InChI=1S/C29H40N4O2/c1-2-16-31-19-15-25-8-6-9-26(21-31)33(25)28(24-7-5-10-27(34)20-24)22-11-13-23(14-12-22)29(35)30-32-17-3-4-18-32/h2,5,7,10-13,20,23,25-26,28,34H,1,3-4,6,8-9,14-19,21H2,(H,30,35). The lowest BCUT2D eigenvalue weighted by molar-refractivity contribution is -0.128. The zero-order valence-corrected chi connectivity index (χ0v) is 20.8. The second-order valence-electron chi connectivity index (χ2n) is 10.6. The number of amides is 1. The third kappa shape index (κ3) is 5.55. The summed E-state index contributed by atoms with van der Waals surface area (Å²) >= 11 is 0. The van der Waals surface area contributed by atoms with Gasteiger partial charge >= 0.3 is 0 Å². The SMILES string of the molecule is C=CCN1CCC2CCCC(C1)N2C(C1=CCC(C(=O)NN2CCCC2)C=C1)c1cccc(O)c1. The van der Waals surface area contributed by atoms with Crippen LogP contribution in [0.1, 0.15) is 56.6 Å². The quantitative estimate of drug-likeness (QED) is 0.579. The van der Waals surface area contributed by atoms with Crippen molar-refractivity contribution in [3.8, 4) is 5.75 Å². The van der Waals surface area contributed by atoms with Gasteiger partial charge in [0.25, 0.3) is 0 Å². The van der Waals surface area contributed by atoms with Crippen LogP contribution in [0.4, 0.5) is 0 Å². The van der Waals surface area contributed by atoms with Crippen LogP contribution in [0.3, 0.4) is 0 Å². The number of piperidine rings is 1. The smallest absolute Gasteiger partial charge is 0.241 e. The van der Waals surface area contributed by atoms with Crippen LogP contribution in [0, 0.1) is 5.92 Å². The molecule has 0 aromatic heterocycles. The number of fused-ring (bicyclic) bond motifs is 2. The highest BCUT2D eigenvalue weighted by Gasteiger charge is 2.40. The van der Waals surface area contributed by atoms with E-state index in [1.54, 1.807) is 6.07 Å². The predicted molar refractivity (Wildman–Crippen MR) is 140 cm³/mol. The molecular formula is C29H40N4O2. The summed E-state index contributed by atoms with van der Waals surface area (Å²) in [5.41, 5.74) is 5.49. The summed E-state index contributed by atoms with van der Waals surface area (Å²) in [6, 6.07) is 8.84. The molecule has 6 nitrogen and oxygen atoms in total.